The molecule has 0 bridgehead atoms. The van der Waals surface area contributed by atoms with Crippen LogP contribution in [-0.4, -0.2) is 17.6 Å². The van der Waals surface area contributed by atoms with Crippen molar-refractivity contribution < 1.29 is 0 Å². The summed E-state index contributed by atoms with van der Waals surface area (Å²) in [4.78, 5) is 7.22. The standard InChI is InChI=1S/C15H23ClN2/c1-4-14-8-13(10-16)9-15(17-14)18-7-5-6-11(2)12(18)3/h8-9,11-12H,4-7,10H2,1-3H3. The summed E-state index contributed by atoms with van der Waals surface area (Å²) in [5, 5.41) is 0. The van der Waals surface area contributed by atoms with Crippen molar-refractivity contribution in [3.8, 4) is 0 Å². The molecule has 1 aromatic rings. The molecular weight excluding hydrogens is 244 g/mol. The van der Waals surface area contributed by atoms with Crippen LogP contribution in [0.15, 0.2) is 12.1 Å². The van der Waals surface area contributed by atoms with Crippen molar-refractivity contribution in [1.29, 1.82) is 0 Å². The number of halogens is 1. The van der Waals surface area contributed by atoms with E-state index in [-0.39, 0.29) is 0 Å². The minimum absolute atomic E-state index is 0.570. The van der Waals surface area contributed by atoms with Gasteiger partial charge in [-0.1, -0.05) is 13.8 Å². The smallest absolute Gasteiger partial charge is 0.129 e. The molecule has 1 aliphatic heterocycles. The van der Waals surface area contributed by atoms with E-state index in [0.29, 0.717) is 11.9 Å². The van der Waals surface area contributed by atoms with Crippen molar-refractivity contribution in [3.63, 3.8) is 0 Å². The van der Waals surface area contributed by atoms with E-state index in [1.54, 1.807) is 0 Å². The van der Waals surface area contributed by atoms with Crippen molar-refractivity contribution in [2.75, 3.05) is 11.4 Å². The Balaban J connectivity index is 2.31. The monoisotopic (exact) mass is 266 g/mol. The molecule has 3 heteroatoms. The van der Waals surface area contributed by atoms with Crippen molar-refractivity contribution in [1.82, 2.24) is 4.98 Å². The summed E-state index contributed by atoms with van der Waals surface area (Å²) in [6, 6.07) is 4.84. The maximum Gasteiger partial charge on any atom is 0.129 e. The predicted molar refractivity (Wildman–Crippen MR) is 78.4 cm³/mol. The van der Waals surface area contributed by atoms with Crippen LogP contribution in [-0.2, 0) is 12.3 Å². The first-order chi connectivity index (χ1) is 8.65. The number of pyridine rings is 1. The molecule has 0 aromatic carbocycles. The molecule has 1 saturated heterocycles. The first kappa shape index (κ1) is 13.7. The Bertz CT molecular complexity index is 383. The molecule has 2 atom stereocenters. The number of nitrogens with zero attached hydrogens (tertiary/aromatic N) is 2. The average molecular weight is 267 g/mol. The highest BCUT2D eigenvalue weighted by Crippen LogP contribution is 2.28. The zero-order valence-corrected chi connectivity index (χ0v) is 12.4. The van der Waals surface area contributed by atoms with E-state index in [2.05, 4.69) is 37.8 Å². The maximum atomic E-state index is 5.99. The number of piperidine rings is 1. The van der Waals surface area contributed by atoms with Crippen molar-refractivity contribution in [3.05, 3.63) is 23.4 Å². The fraction of sp³-hybridized carbons (Fsp3) is 0.667. The van der Waals surface area contributed by atoms with Gasteiger partial charge in [0.1, 0.15) is 5.82 Å². The van der Waals surface area contributed by atoms with E-state index < -0.39 is 0 Å². The molecule has 0 N–H and O–H groups in total. The number of hydrogen-bond acceptors (Lipinski definition) is 2. The number of aryl methyl sites for hydroxylation is 1. The molecule has 0 spiro atoms. The zero-order valence-electron chi connectivity index (χ0n) is 11.6. The molecule has 1 aromatic heterocycles. The highest BCUT2D eigenvalue weighted by atomic mass is 35.5. The van der Waals surface area contributed by atoms with Gasteiger partial charge in [-0.3, -0.25) is 0 Å². The highest BCUT2D eigenvalue weighted by molar-refractivity contribution is 6.17. The summed E-state index contributed by atoms with van der Waals surface area (Å²) >= 11 is 5.99. The van der Waals surface area contributed by atoms with E-state index in [1.807, 2.05) is 0 Å². The summed E-state index contributed by atoms with van der Waals surface area (Å²) in [5.41, 5.74) is 2.33. The third kappa shape index (κ3) is 2.80. The molecule has 0 amide bonds. The number of rotatable bonds is 3. The van der Waals surface area contributed by atoms with Crippen LogP contribution >= 0.6 is 11.6 Å². The van der Waals surface area contributed by atoms with Crippen molar-refractivity contribution in [2.24, 2.45) is 5.92 Å². The van der Waals surface area contributed by atoms with Crippen molar-refractivity contribution in [2.45, 2.75) is 52.0 Å². The minimum Gasteiger partial charge on any atom is -0.354 e. The lowest BCUT2D eigenvalue weighted by atomic mass is 9.92. The summed E-state index contributed by atoms with van der Waals surface area (Å²) in [6.07, 6.45) is 3.56. The van der Waals surface area contributed by atoms with Gasteiger partial charge in [-0.2, -0.15) is 0 Å². The highest BCUT2D eigenvalue weighted by Gasteiger charge is 2.25. The molecule has 0 aliphatic carbocycles. The van der Waals surface area contributed by atoms with Crippen molar-refractivity contribution >= 4 is 17.4 Å². The first-order valence-corrected chi connectivity index (χ1v) is 7.51. The Morgan fingerprint density at radius 3 is 2.83 bits per heavy atom. The van der Waals surface area contributed by atoms with Gasteiger partial charge in [-0.05, 0) is 49.8 Å². The fourth-order valence-electron chi connectivity index (χ4n) is 2.70. The van der Waals surface area contributed by atoms with Crippen LogP contribution < -0.4 is 4.90 Å². The SMILES string of the molecule is CCc1cc(CCl)cc(N2CCCC(C)C2C)n1. The maximum absolute atomic E-state index is 5.99. The molecular formula is C15H23ClN2. The lowest BCUT2D eigenvalue weighted by Gasteiger charge is -2.39. The third-order valence-corrected chi connectivity index (χ3v) is 4.42. The fourth-order valence-corrected chi connectivity index (χ4v) is 2.85. The summed E-state index contributed by atoms with van der Waals surface area (Å²) in [5.74, 6) is 2.43. The topological polar surface area (TPSA) is 16.1 Å². The van der Waals surface area contributed by atoms with Gasteiger partial charge in [0.15, 0.2) is 0 Å². The first-order valence-electron chi connectivity index (χ1n) is 6.98. The second kappa shape index (κ2) is 5.92. The Morgan fingerprint density at radius 1 is 1.39 bits per heavy atom. The lowest BCUT2D eigenvalue weighted by Crippen LogP contribution is -2.43. The molecule has 2 heterocycles. The Hall–Kier alpha value is -0.760. The molecule has 1 fully saturated rings. The largest absolute Gasteiger partial charge is 0.354 e. The van der Waals surface area contributed by atoms with Gasteiger partial charge >= 0.3 is 0 Å². The van der Waals surface area contributed by atoms with Crippen LogP contribution in [0.4, 0.5) is 5.82 Å². The molecule has 100 valence electrons. The van der Waals surface area contributed by atoms with Gasteiger partial charge in [0, 0.05) is 24.2 Å². The number of hydrogen-bond donors (Lipinski definition) is 0. The normalized spacial score (nSPS) is 24.3. The van der Waals surface area contributed by atoms with Gasteiger partial charge in [-0.15, -0.1) is 11.6 Å². The molecule has 2 unspecified atom stereocenters. The van der Waals surface area contributed by atoms with Gasteiger partial charge in [-0.25, -0.2) is 4.98 Å². The second-order valence-corrected chi connectivity index (χ2v) is 5.63. The number of anilines is 1. The van der Waals surface area contributed by atoms with E-state index in [0.717, 1.165) is 30.4 Å². The molecule has 2 rings (SSSR count). The van der Waals surface area contributed by atoms with Crippen LogP contribution in [0.25, 0.3) is 0 Å². The minimum atomic E-state index is 0.570. The molecule has 18 heavy (non-hydrogen) atoms. The van der Waals surface area contributed by atoms with Crippen LogP contribution in [0.5, 0.6) is 0 Å². The van der Waals surface area contributed by atoms with E-state index in [4.69, 9.17) is 16.6 Å². The molecule has 1 aliphatic rings. The quantitative estimate of drug-likeness (QED) is 0.769. The second-order valence-electron chi connectivity index (χ2n) is 5.37. The van der Waals surface area contributed by atoms with Crippen LogP contribution in [0.2, 0.25) is 0 Å². The summed E-state index contributed by atoms with van der Waals surface area (Å²) in [6.45, 7) is 7.91. The van der Waals surface area contributed by atoms with E-state index in [1.165, 1.54) is 18.4 Å². The lowest BCUT2D eigenvalue weighted by molar-refractivity contribution is 0.361. The van der Waals surface area contributed by atoms with Gasteiger partial charge in [0.25, 0.3) is 0 Å². The number of aromatic nitrogens is 1. The van der Waals surface area contributed by atoms with Crippen LogP contribution in [0.3, 0.4) is 0 Å². The third-order valence-electron chi connectivity index (χ3n) is 4.11. The van der Waals surface area contributed by atoms with Crippen LogP contribution in [0, 0.1) is 5.92 Å². The molecule has 0 radical (unpaired) electrons. The van der Waals surface area contributed by atoms with Gasteiger partial charge in [0.05, 0.1) is 0 Å². The zero-order chi connectivity index (χ0) is 13.1. The van der Waals surface area contributed by atoms with E-state index >= 15 is 0 Å². The predicted octanol–water partition coefficient (Wildman–Crippen LogP) is 4.01. The van der Waals surface area contributed by atoms with Gasteiger partial charge < -0.3 is 4.90 Å². The van der Waals surface area contributed by atoms with E-state index in [9.17, 15) is 0 Å². The Labute approximate surface area is 115 Å². The van der Waals surface area contributed by atoms with Crippen LogP contribution in [0.1, 0.15) is 44.9 Å². The number of alkyl halides is 1. The Kier molecular flexibility index (Phi) is 4.50. The molecule has 0 saturated carbocycles. The molecule has 2 nitrogen and oxygen atoms in total. The van der Waals surface area contributed by atoms with Gasteiger partial charge in [0.2, 0.25) is 0 Å². The summed E-state index contributed by atoms with van der Waals surface area (Å²) in [7, 11) is 0. The summed E-state index contributed by atoms with van der Waals surface area (Å²) < 4.78 is 0. The Morgan fingerprint density at radius 2 is 2.17 bits per heavy atom. The average Bonchev–Trinajstić information content (AvgIpc) is 2.41.